The van der Waals surface area contributed by atoms with Crippen molar-refractivity contribution in [1.29, 1.82) is 0 Å². The molecule has 0 unspecified atom stereocenters. The number of likely N-dealkylation sites (tertiary alicyclic amines) is 1. The minimum atomic E-state index is 0.412. The highest BCUT2D eigenvalue weighted by Crippen LogP contribution is 2.39. The first-order chi connectivity index (χ1) is 15.8. The minimum absolute atomic E-state index is 0.412. The molecule has 1 fully saturated rings. The summed E-state index contributed by atoms with van der Waals surface area (Å²) in [6, 6.07) is 10.3. The van der Waals surface area contributed by atoms with Crippen LogP contribution in [0, 0.1) is 0 Å². The van der Waals surface area contributed by atoms with Gasteiger partial charge in [-0.1, -0.05) is 23.4 Å². The van der Waals surface area contributed by atoms with Gasteiger partial charge >= 0.3 is 0 Å². The maximum absolute atomic E-state index is 9.41. The number of aromatic amines is 1. The summed E-state index contributed by atoms with van der Waals surface area (Å²) in [6.45, 7) is 3.89. The molecule has 0 radical (unpaired) electrons. The number of H-pyrrole nitrogens is 1. The molecule has 0 bridgehead atoms. The summed E-state index contributed by atoms with van der Waals surface area (Å²) in [6.07, 6.45) is 7.42. The lowest BCUT2D eigenvalue weighted by Gasteiger charge is -2.30. The Labute approximate surface area is 188 Å². The number of nitrogens with one attached hydrogen (secondary N) is 1. The average molecular weight is 432 g/mol. The molecule has 0 saturated carbocycles. The molecule has 3 aromatic rings. The Bertz CT molecular complexity index is 1100. The van der Waals surface area contributed by atoms with Gasteiger partial charge in [0.25, 0.3) is 0 Å². The van der Waals surface area contributed by atoms with Crippen LogP contribution in [0.25, 0.3) is 22.5 Å². The van der Waals surface area contributed by atoms with Gasteiger partial charge in [0.05, 0.1) is 23.7 Å². The zero-order valence-electron chi connectivity index (χ0n) is 18.4. The third-order valence-corrected chi connectivity index (χ3v) is 6.75. The Morgan fingerprint density at radius 2 is 1.91 bits per heavy atom. The van der Waals surface area contributed by atoms with Gasteiger partial charge < -0.3 is 19.8 Å². The van der Waals surface area contributed by atoms with Gasteiger partial charge in [0.2, 0.25) is 0 Å². The lowest BCUT2D eigenvalue weighted by molar-refractivity contribution is 0.129. The van der Waals surface area contributed by atoms with E-state index in [2.05, 4.69) is 26.1 Å². The second-order valence-corrected chi connectivity index (χ2v) is 8.57. The van der Waals surface area contributed by atoms with Gasteiger partial charge in [0.1, 0.15) is 5.82 Å². The summed E-state index contributed by atoms with van der Waals surface area (Å²) >= 11 is 0. The number of piperidine rings is 1. The molecule has 1 saturated heterocycles. The summed E-state index contributed by atoms with van der Waals surface area (Å²) in [5, 5.41) is 12.9. The van der Waals surface area contributed by atoms with E-state index >= 15 is 0 Å². The lowest BCUT2D eigenvalue weighted by Crippen LogP contribution is -2.35. The van der Waals surface area contributed by atoms with Crippen molar-refractivity contribution in [3.8, 4) is 22.5 Å². The molecule has 0 amide bonds. The number of methoxy groups -OCH3 is 1. The zero-order valence-corrected chi connectivity index (χ0v) is 18.4. The molecule has 0 spiro atoms. The number of hydrogen-bond acceptors (Lipinski definition) is 6. The first kappa shape index (κ1) is 20.8. The quantitative estimate of drug-likeness (QED) is 0.453. The number of benzene rings is 1. The molecule has 2 N–H and O–H groups in total. The number of nitrogens with zero attached hydrogens (tertiary/aromatic N) is 4. The van der Waals surface area contributed by atoms with Crippen LogP contribution < -0.4 is 0 Å². The summed E-state index contributed by atoms with van der Waals surface area (Å²) in [5.41, 5.74) is 7.23. The van der Waals surface area contributed by atoms with Crippen LogP contribution >= 0.6 is 0 Å². The molecule has 166 valence electrons. The minimum Gasteiger partial charge on any atom is -0.411 e. The predicted molar refractivity (Wildman–Crippen MR) is 124 cm³/mol. The van der Waals surface area contributed by atoms with Crippen molar-refractivity contribution >= 4 is 5.71 Å². The Morgan fingerprint density at radius 1 is 1.12 bits per heavy atom. The van der Waals surface area contributed by atoms with Crippen molar-refractivity contribution in [1.82, 2.24) is 19.9 Å². The molecule has 7 nitrogen and oxygen atoms in total. The maximum Gasteiger partial charge on any atom is 0.110 e. The standard InChI is InChI=1S/C25H29N5O2/c1-32-16-15-30-13-9-18(10-14-30)25-27-23(17-7-11-26-12-8-17)24(28-25)21-4-2-3-20-19(21)5-6-22(20)29-31/h2-4,7-8,11-12,18,31H,5-6,9-10,13-16H2,1H3,(H,27,28)/b29-22+. The summed E-state index contributed by atoms with van der Waals surface area (Å²) in [7, 11) is 1.76. The highest BCUT2D eigenvalue weighted by Gasteiger charge is 2.28. The van der Waals surface area contributed by atoms with Crippen LogP contribution in [0.3, 0.4) is 0 Å². The second-order valence-electron chi connectivity index (χ2n) is 8.57. The zero-order chi connectivity index (χ0) is 21.9. The van der Waals surface area contributed by atoms with E-state index in [4.69, 9.17) is 9.72 Å². The largest absolute Gasteiger partial charge is 0.411 e. The summed E-state index contributed by atoms with van der Waals surface area (Å²) in [5.74, 6) is 1.47. The molecule has 0 atom stereocenters. The van der Waals surface area contributed by atoms with Crippen LogP contribution in [0.1, 0.15) is 42.1 Å². The number of rotatable bonds is 6. The Morgan fingerprint density at radius 3 is 2.66 bits per heavy atom. The molecule has 2 aliphatic rings. The lowest BCUT2D eigenvalue weighted by atomic mass is 9.96. The van der Waals surface area contributed by atoms with Crippen molar-refractivity contribution < 1.29 is 9.94 Å². The number of hydrogen-bond donors (Lipinski definition) is 2. The number of pyridine rings is 1. The highest BCUT2D eigenvalue weighted by molar-refractivity contribution is 6.06. The normalized spacial score (nSPS) is 18.3. The Kier molecular flexibility index (Phi) is 6.01. The van der Waals surface area contributed by atoms with Gasteiger partial charge in [-0.3, -0.25) is 4.98 Å². The van der Waals surface area contributed by atoms with Crippen molar-refractivity contribution in [2.45, 2.75) is 31.6 Å². The second kappa shape index (κ2) is 9.22. The van der Waals surface area contributed by atoms with E-state index in [0.29, 0.717) is 5.92 Å². The van der Waals surface area contributed by atoms with Gasteiger partial charge in [-0.05, 0) is 56.5 Å². The smallest absolute Gasteiger partial charge is 0.110 e. The molecule has 32 heavy (non-hydrogen) atoms. The van der Waals surface area contributed by atoms with Gasteiger partial charge in [-0.2, -0.15) is 0 Å². The molecule has 7 heteroatoms. The Hall–Kier alpha value is -3.03. The third kappa shape index (κ3) is 3.94. The number of fused-ring (bicyclic) bond motifs is 1. The van der Waals surface area contributed by atoms with E-state index in [1.165, 1.54) is 5.56 Å². The molecule has 1 aliphatic carbocycles. The van der Waals surface area contributed by atoms with Crippen LogP contribution in [0.4, 0.5) is 0 Å². The predicted octanol–water partition coefficient (Wildman–Crippen LogP) is 4.09. The molecule has 3 heterocycles. The number of oxime groups is 1. The fourth-order valence-electron chi connectivity index (χ4n) is 4.99. The molecule has 2 aromatic heterocycles. The summed E-state index contributed by atoms with van der Waals surface area (Å²) < 4.78 is 5.24. The molecular weight excluding hydrogens is 402 g/mol. The van der Waals surface area contributed by atoms with Crippen LogP contribution in [0.5, 0.6) is 0 Å². The molecule has 5 rings (SSSR count). The molecule has 1 aromatic carbocycles. The van der Waals surface area contributed by atoms with Crippen LogP contribution in [0.15, 0.2) is 47.9 Å². The van der Waals surface area contributed by atoms with E-state index in [-0.39, 0.29) is 0 Å². The number of imidazole rings is 1. The van der Waals surface area contributed by atoms with Crippen molar-refractivity contribution in [2.75, 3.05) is 33.4 Å². The third-order valence-electron chi connectivity index (χ3n) is 6.75. The topological polar surface area (TPSA) is 86.6 Å². The average Bonchev–Trinajstić information content (AvgIpc) is 3.48. The van der Waals surface area contributed by atoms with Crippen molar-refractivity contribution in [2.24, 2.45) is 5.16 Å². The first-order valence-corrected chi connectivity index (χ1v) is 11.3. The molecule has 1 aliphatic heterocycles. The van der Waals surface area contributed by atoms with Gasteiger partial charge in [-0.25, -0.2) is 4.98 Å². The maximum atomic E-state index is 9.41. The van der Waals surface area contributed by atoms with Gasteiger partial charge in [0, 0.05) is 48.7 Å². The highest BCUT2D eigenvalue weighted by atomic mass is 16.5. The molecular formula is C25H29N5O2. The van der Waals surface area contributed by atoms with E-state index < -0.39 is 0 Å². The van der Waals surface area contributed by atoms with E-state index in [9.17, 15) is 5.21 Å². The fraction of sp³-hybridized carbons (Fsp3) is 0.400. The fourth-order valence-corrected chi connectivity index (χ4v) is 4.99. The summed E-state index contributed by atoms with van der Waals surface area (Å²) in [4.78, 5) is 15.5. The van der Waals surface area contributed by atoms with E-state index in [1.807, 2.05) is 36.7 Å². The van der Waals surface area contributed by atoms with Crippen molar-refractivity contribution in [3.63, 3.8) is 0 Å². The van der Waals surface area contributed by atoms with E-state index in [0.717, 1.165) is 91.5 Å². The van der Waals surface area contributed by atoms with Crippen LogP contribution in [-0.4, -0.2) is 64.1 Å². The SMILES string of the molecule is COCCN1CCC(c2nc(-c3ccncc3)c(-c3cccc4c3CC/C4=N\O)[nH]2)CC1. The first-order valence-electron chi connectivity index (χ1n) is 11.3. The van der Waals surface area contributed by atoms with Gasteiger partial charge in [-0.15, -0.1) is 0 Å². The van der Waals surface area contributed by atoms with Crippen LogP contribution in [0.2, 0.25) is 0 Å². The number of ether oxygens (including phenoxy) is 1. The Balaban J connectivity index is 1.51. The van der Waals surface area contributed by atoms with Gasteiger partial charge in [0.15, 0.2) is 0 Å². The van der Waals surface area contributed by atoms with Crippen molar-refractivity contribution in [3.05, 3.63) is 59.7 Å². The van der Waals surface area contributed by atoms with Crippen LogP contribution in [-0.2, 0) is 11.2 Å². The van der Waals surface area contributed by atoms with E-state index in [1.54, 1.807) is 7.11 Å². The monoisotopic (exact) mass is 431 g/mol. The number of aromatic nitrogens is 3.